The van der Waals surface area contributed by atoms with Crippen LogP contribution < -0.4 is 10.2 Å². The van der Waals surface area contributed by atoms with E-state index >= 15 is 0 Å². The van der Waals surface area contributed by atoms with Crippen molar-refractivity contribution in [1.29, 1.82) is 0 Å². The van der Waals surface area contributed by atoms with E-state index in [1.54, 1.807) is 25.1 Å². The number of para-hydroxylation sites is 1. The van der Waals surface area contributed by atoms with E-state index in [2.05, 4.69) is 5.32 Å². The maximum Gasteiger partial charge on any atom is 0.273 e. The number of aryl methyl sites for hydroxylation is 1. The van der Waals surface area contributed by atoms with Gasteiger partial charge in [-0.05, 0) is 25.1 Å². The molecule has 0 radical (unpaired) electrons. The molecule has 1 saturated heterocycles. The molecule has 1 fully saturated rings. The Morgan fingerprint density at radius 2 is 1.93 bits per heavy atom. The van der Waals surface area contributed by atoms with E-state index in [9.17, 15) is 19.3 Å². The molecule has 0 atom stereocenters. The zero-order chi connectivity index (χ0) is 20.3. The van der Waals surface area contributed by atoms with Gasteiger partial charge in [0.1, 0.15) is 5.82 Å². The fourth-order valence-electron chi connectivity index (χ4n) is 3.20. The molecule has 7 nitrogen and oxygen atoms in total. The van der Waals surface area contributed by atoms with E-state index in [1.165, 1.54) is 18.2 Å². The SMILES string of the molecule is Cc1cc(N2CCN(CC(=O)Nc3ccccc3F)CC2)c(Cl)cc1[N+](=O)[O-]. The molecule has 1 N–H and O–H groups in total. The van der Waals surface area contributed by atoms with Gasteiger partial charge in [-0.3, -0.25) is 19.8 Å². The van der Waals surface area contributed by atoms with Gasteiger partial charge in [0, 0.05) is 37.8 Å². The number of amides is 1. The summed E-state index contributed by atoms with van der Waals surface area (Å²) in [6, 6.07) is 9.14. The van der Waals surface area contributed by atoms with E-state index in [0.717, 1.165) is 5.69 Å². The van der Waals surface area contributed by atoms with Gasteiger partial charge < -0.3 is 10.2 Å². The number of piperazine rings is 1. The first-order valence-corrected chi connectivity index (χ1v) is 9.19. The number of nitro groups is 1. The summed E-state index contributed by atoms with van der Waals surface area (Å²) in [6.07, 6.45) is 0. The number of carbonyl (C=O) groups is 1. The Morgan fingerprint density at radius 3 is 2.57 bits per heavy atom. The largest absolute Gasteiger partial charge is 0.368 e. The summed E-state index contributed by atoms with van der Waals surface area (Å²) in [4.78, 5) is 26.8. The first-order chi connectivity index (χ1) is 13.3. The second-order valence-electron chi connectivity index (χ2n) is 6.64. The molecular weight excluding hydrogens is 387 g/mol. The van der Waals surface area contributed by atoms with Crippen molar-refractivity contribution in [3.05, 3.63) is 62.9 Å². The molecule has 1 aliphatic rings. The molecule has 3 rings (SSSR count). The minimum absolute atomic E-state index is 0.00259. The van der Waals surface area contributed by atoms with E-state index in [-0.39, 0.29) is 23.8 Å². The summed E-state index contributed by atoms with van der Waals surface area (Å²) < 4.78 is 13.6. The zero-order valence-electron chi connectivity index (χ0n) is 15.3. The van der Waals surface area contributed by atoms with E-state index in [1.807, 2.05) is 9.80 Å². The predicted octanol–water partition coefficient (Wildman–Crippen LogP) is 3.46. The molecular formula is C19H20ClFN4O3. The van der Waals surface area contributed by atoms with Gasteiger partial charge in [0.05, 0.1) is 27.9 Å². The van der Waals surface area contributed by atoms with Crippen LogP contribution in [-0.2, 0) is 4.79 Å². The molecule has 148 valence electrons. The molecule has 0 saturated carbocycles. The maximum absolute atomic E-state index is 13.6. The number of nitro benzene ring substituents is 1. The minimum atomic E-state index is -0.469. The minimum Gasteiger partial charge on any atom is -0.368 e. The second-order valence-corrected chi connectivity index (χ2v) is 7.05. The van der Waals surface area contributed by atoms with E-state index in [0.29, 0.717) is 36.8 Å². The summed E-state index contributed by atoms with van der Waals surface area (Å²) in [6.45, 7) is 4.35. The standard InChI is InChI=1S/C19H20ClFN4O3/c1-13-10-18(14(20)11-17(13)25(27)28)24-8-6-23(7-9-24)12-19(26)22-16-5-3-2-4-15(16)21/h2-5,10-11H,6-9,12H2,1H3,(H,22,26). The number of benzene rings is 2. The Bertz CT molecular complexity index is 901. The molecule has 9 heteroatoms. The Hall–Kier alpha value is -2.71. The number of anilines is 2. The number of rotatable bonds is 5. The van der Waals surface area contributed by atoms with Gasteiger partial charge in [0.2, 0.25) is 5.91 Å². The number of nitrogens with one attached hydrogen (secondary N) is 1. The van der Waals surface area contributed by atoms with Crippen LogP contribution in [0.2, 0.25) is 5.02 Å². The highest BCUT2D eigenvalue weighted by atomic mass is 35.5. The average molecular weight is 407 g/mol. The van der Waals surface area contributed by atoms with Crippen molar-refractivity contribution in [2.75, 3.05) is 42.9 Å². The van der Waals surface area contributed by atoms with E-state index < -0.39 is 10.7 Å². The van der Waals surface area contributed by atoms with Crippen molar-refractivity contribution in [3.8, 4) is 0 Å². The Labute approximate surface area is 166 Å². The number of hydrogen-bond acceptors (Lipinski definition) is 5. The third-order valence-corrected chi connectivity index (χ3v) is 4.99. The van der Waals surface area contributed by atoms with Crippen molar-refractivity contribution in [2.45, 2.75) is 6.92 Å². The van der Waals surface area contributed by atoms with E-state index in [4.69, 9.17) is 11.6 Å². The van der Waals surface area contributed by atoms with Crippen LogP contribution in [-0.4, -0.2) is 48.5 Å². The summed E-state index contributed by atoms with van der Waals surface area (Å²) in [7, 11) is 0. The lowest BCUT2D eigenvalue weighted by Gasteiger charge is -2.36. The molecule has 0 bridgehead atoms. The molecule has 1 heterocycles. The van der Waals surface area contributed by atoms with Gasteiger partial charge in [-0.2, -0.15) is 0 Å². The monoisotopic (exact) mass is 406 g/mol. The molecule has 28 heavy (non-hydrogen) atoms. The summed E-state index contributed by atoms with van der Waals surface area (Å²) in [5.41, 5.74) is 1.47. The highest BCUT2D eigenvalue weighted by Crippen LogP contribution is 2.33. The first-order valence-electron chi connectivity index (χ1n) is 8.81. The quantitative estimate of drug-likeness (QED) is 0.607. The van der Waals surface area contributed by atoms with Gasteiger partial charge in [-0.1, -0.05) is 23.7 Å². The molecule has 1 amide bonds. The van der Waals surface area contributed by atoms with Crippen LogP contribution in [0.1, 0.15) is 5.56 Å². The summed E-state index contributed by atoms with van der Waals surface area (Å²) >= 11 is 6.25. The van der Waals surface area contributed by atoms with Gasteiger partial charge in [0.25, 0.3) is 5.69 Å². The maximum atomic E-state index is 13.6. The van der Waals surface area contributed by atoms with Crippen molar-refractivity contribution in [1.82, 2.24) is 4.90 Å². The Kier molecular flexibility index (Phi) is 6.11. The van der Waals surface area contributed by atoms with Gasteiger partial charge in [-0.25, -0.2) is 4.39 Å². The van der Waals surface area contributed by atoms with Crippen molar-refractivity contribution < 1.29 is 14.1 Å². The molecule has 2 aromatic carbocycles. The van der Waals surface area contributed by atoms with Crippen LogP contribution in [0.4, 0.5) is 21.5 Å². The van der Waals surface area contributed by atoms with Gasteiger partial charge in [-0.15, -0.1) is 0 Å². The number of carbonyl (C=O) groups excluding carboxylic acids is 1. The van der Waals surface area contributed by atoms with Crippen LogP contribution in [0.5, 0.6) is 0 Å². The summed E-state index contributed by atoms with van der Waals surface area (Å²) in [5, 5.41) is 13.9. The first kappa shape index (κ1) is 20.0. The highest BCUT2D eigenvalue weighted by Gasteiger charge is 2.23. The Balaban J connectivity index is 1.57. The molecule has 0 spiro atoms. The molecule has 0 aliphatic carbocycles. The molecule has 2 aromatic rings. The fourth-order valence-corrected chi connectivity index (χ4v) is 3.47. The molecule has 1 aliphatic heterocycles. The summed E-state index contributed by atoms with van der Waals surface area (Å²) in [5.74, 6) is -0.744. The van der Waals surface area contributed by atoms with Crippen LogP contribution in [0.3, 0.4) is 0 Å². The third kappa shape index (κ3) is 4.58. The highest BCUT2D eigenvalue weighted by molar-refractivity contribution is 6.33. The lowest BCUT2D eigenvalue weighted by Crippen LogP contribution is -2.48. The Morgan fingerprint density at radius 1 is 1.25 bits per heavy atom. The van der Waals surface area contributed by atoms with Crippen LogP contribution in [0.25, 0.3) is 0 Å². The average Bonchev–Trinajstić information content (AvgIpc) is 2.65. The molecule has 0 unspecified atom stereocenters. The zero-order valence-corrected chi connectivity index (χ0v) is 16.1. The van der Waals surface area contributed by atoms with Crippen molar-refractivity contribution >= 4 is 34.6 Å². The number of hydrogen-bond donors (Lipinski definition) is 1. The topological polar surface area (TPSA) is 78.7 Å². The fraction of sp³-hybridized carbons (Fsp3) is 0.316. The molecule has 0 aromatic heterocycles. The lowest BCUT2D eigenvalue weighted by atomic mass is 10.1. The smallest absolute Gasteiger partial charge is 0.273 e. The number of nitrogens with zero attached hydrogens (tertiary/aromatic N) is 3. The van der Waals surface area contributed by atoms with Crippen LogP contribution in [0.15, 0.2) is 36.4 Å². The third-order valence-electron chi connectivity index (χ3n) is 4.69. The predicted molar refractivity (Wildman–Crippen MR) is 107 cm³/mol. The van der Waals surface area contributed by atoms with Gasteiger partial charge in [0.15, 0.2) is 0 Å². The van der Waals surface area contributed by atoms with Crippen molar-refractivity contribution in [3.63, 3.8) is 0 Å². The van der Waals surface area contributed by atoms with Gasteiger partial charge >= 0.3 is 0 Å². The lowest BCUT2D eigenvalue weighted by molar-refractivity contribution is -0.385. The van der Waals surface area contributed by atoms with Crippen LogP contribution in [0, 0.1) is 22.9 Å². The normalized spacial score (nSPS) is 14.8. The number of halogens is 2. The van der Waals surface area contributed by atoms with Crippen molar-refractivity contribution in [2.24, 2.45) is 0 Å². The second kappa shape index (κ2) is 8.53. The van der Waals surface area contributed by atoms with Crippen LogP contribution >= 0.6 is 11.6 Å².